The molecule has 1 N–H and O–H groups in total. The Kier molecular flexibility index (Phi) is 6.05. The van der Waals surface area contributed by atoms with Crippen molar-refractivity contribution in [1.29, 1.82) is 0 Å². The van der Waals surface area contributed by atoms with E-state index in [1.54, 1.807) is 4.57 Å². The van der Waals surface area contributed by atoms with Crippen LogP contribution >= 0.6 is 0 Å². The molecule has 0 radical (unpaired) electrons. The van der Waals surface area contributed by atoms with E-state index in [0.717, 1.165) is 43.7 Å². The van der Waals surface area contributed by atoms with Crippen LogP contribution in [0.15, 0.2) is 10.9 Å². The van der Waals surface area contributed by atoms with Crippen LogP contribution in [0.2, 0.25) is 0 Å². The van der Waals surface area contributed by atoms with E-state index in [9.17, 15) is 4.79 Å². The molecule has 0 aromatic carbocycles. The summed E-state index contributed by atoms with van der Waals surface area (Å²) < 4.78 is 1.76. The lowest BCUT2D eigenvalue weighted by Gasteiger charge is -2.14. The highest BCUT2D eigenvalue weighted by Gasteiger charge is 2.04. The molecule has 0 aliphatic rings. The van der Waals surface area contributed by atoms with Gasteiger partial charge in [-0.1, -0.05) is 6.92 Å². The molecule has 4 heteroatoms. The van der Waals surface area contributed by atoms with Crippen molar-refractivity contribution in [2.75, 3.05) is 6.54 Å². The summed E-state index contributed by atoms with van der Waals surface area (Å²) in [7, 11) is 0. The fourth-order valence-electron chi connectivity index (χ4n) is 2.09. The van der Waals surface area contributed by atoms with Gasteiger partial charge in [0, 0.05) is 24.0 Å². The first-order valence-electron chi connectivity index (χ1n) is 6.83. The summed E-state index contributed by atoms with van der Waals surface area (Å²) in [6.07, 6.45) is 3.24. The quantitative estimate of drug-likeness (QED) is 0.806. The Bertz CT molecular complexity index is 426. The van der Waals surface area contributed by atoms with E-state index in [1.165, 1.54) is 0 Å². The Hall–Kier alpha value is -1.16. The van der Waals surface area contributed by atoms with Crippen molar-refractivity contribution < 1.29 is 0 Å². The molecule has 0 aliphatic heterocycles. The van der Waals surface area contributed by atoms with E-state index >= 15 is 0 Å². The third kappa shape index (κ3) is 4.61. The Morgan fingerprint density at radius 3 is 2.78 bits per heavy atom. The molecular formula is C14H25N3O. The maximum atomic E-state index is 11.7. The molecule has 0 fully saturated rings. The molecule has 1 atom stereocenters. The average molecular weight is 251 g/mol. The summed E-state index contributed by atoms with van der Waals surface area (Å²) in [6.45, 7) is 10.0. The smallest absolute Gasteiger partial charge is 0.314 e. The third-order valence-corrected chi connectivity index (χ3v) is 3.11. The molecule has 0 spiro atoms. The molecule has 0 aliphatic carbocycles. The summed E-state index contributed by atoms with van der Waals surface area (Å²) in [5.41, 5.74) is 1.68. The predicted molar refractivity (Wildman–Crippen MR) is 75.0 cm³/mol. The molecule has 4 nitrogen and oxygen atoms in total. The molecule has 1 heterocycles. The molecule has 0 saturated heterocycles. The van der Waals surface area contributed by atoms with Crippen LogP contribution in [0.5, 0.6) is 0 Å². The number of hydrogen-bond acceptors (Lipinski definition) is 3. The van der Waals surface area contributed by atoms with Gasteiger partial charge < -0.3 is 5.32 Å². The summed E-state index contributed by atoms with van der Waals surface area (Å²) >= 11 is 0. The molecule has 1 aromatic rings. The van der Waals surface area contributed by atoms with Crippen LogP contribution in [0.4, 0.5) is 0 Å². The van der Waals surface area contributed by atoms with Gasteiger partial charge >= 0.3 is 5.69 Å². The maximum Gasteiger partial charge on any atom is 0.347 e. The Balaban J connectivity index is 2.47. The van der Waals surface area contributed by atoms with E-state index in [-0.39, 0.29) is 5.69 Å². The highest BCUT2D eigenvalue weighted by Crippen LogP contribution is 2.02. The van der Waals surface area contributed by atoms with Crippen LogP contribution in [0.25, 0.3) is 0 Å². The van der Waals surface area contributed by atoms with E-state index in [4.69, 9.17) is 0 Å². The summed E-state index contributed by atoms with van der Waals surface area (Å²) in [5.74, 6) is 0. The van der Waals surface area contributed by atoms with E-state index in [2.05, 4.69) is 24.1 Å². The van der Waals surface area contributed by atoms with Crippen LogP contribution in [-0.4, -0.2) is 22.1 Å². The lowest BCUT2D eigenvalue weighted by atomic mass is 10.2. The van der Waals surface area contributed by atoms with Gasteiger partial charge in [0.15, 0.2) is 0 Å². The fourth-order valence-corrected chi connectivity index (χ4v) is 2.09. The molecule has 1 aromatic heterocycles. The van der Waals surface area contributed by atoms with Crippen molar-refractivity contribution in [3.8, 4) is 0 Å². The Morgan fingerprint density at radius 2 is 2.17 bits per heavy atom. The second-order valence-electron chi connectivity index (χ2n) is 4.97. The van der Waals surface area contributed by atoms with E-state index in [0.29, 0.717) is 6.04 Å². The van der Waals surface area contributed by atoms with Crippen molar-refractivity contribution in [2.24, 2.45) is 0 Å². The molecule has 0 amide bonds. The van der Waals surface area contributed by atoms with Gasteiger partial charge in [0.05, 0.1) is 0 Å². The van der Waals surface area contributed by atoms with Gasteiger partial charge in [-0.2, -0.15) is 4.98 Å². The predicted octanol–water partition coefficient (Wildman–Crippen LogP) is 2.03. The molecule has 102 valence electrons. The summed E-state index contributed by atoms with van der Waals surface area (Å²) in [5, 5.41) is 3.45. The van der Waals surface area contributed by atoms with E-state index < -0.39 is 0 Å². The first-order chi connectivity index (χ1) is 8.54. The molecule has 0 bridgehead atoms. The number of aromatic nitrogens is 2. The average Bonchev–Trinajstić information content (AvgIpc) is 2.29. The monoisotopic (exact) mass is 251 g/mol. The summed E-state index contributed by atoms with van der Waals surface area (Å²) in [6, 6.07) is 2.47. The minimum atomic E-state index is -0.123. The molecule has 1 rings (SSSR count). The first-order valence-corrected chi connectivity index (χ1v) is 6.83. The highest BCUT2D eigenvalue weighted by atomic mass is 16.1. The van der Waals surface area contributed by atoms with Crippen molar-refractivity contribution >= 4 is 0 Å². The lowest BCUT2D eigenvalue weighted by molar-refractivity contribution is 0.467. The van der Waals surface area contributed by atoms with Gasteiger partial charge in [-0.05, 0) is 52.6 Å². The van der Waals surface area contributed by atoms with Crippen molar-refractivity contribution in [3.05, 3.63) is 27.9 Å². The minimum Gasteiger partial charge on any atom is -0.314 e. The zero-order valence-electron chi connectivity index (χ0n) is 12.0. The van der Waals surface area contributed by atoms with Crippen LogP contribution in [0.3, 0.4) is 0 Å². The zero-order valence-corrected chi connectivity index (χ0v) is 12.0. The van der Waals surface area contributed by atoms with Crippen LogP contribution in [-0.2, 0) is 6.54 Å². The third-order valence-electron chi connectivity index (χ3n) is 3.11. The Labute approximate surface area is 109 Å². The number of aryl methyl sites for hydroxylation is 2. The molecule has 18 heavy (non-hydrogen) atoms. The SMILES string of the molecule is CCCNC(C)CCCn1c(C)cc(C)nc1=O. The first kappa shape index (κ1) is 14.9. The van der Waals surface area contributed by atoms with Gasteiger partial charge in [-0.25, -0.2) is 4.79 Å². The van der Waals surface area contributed by atoms with Gasteiger partial charge in [0.2, 0.25) is 0 Å². The number of nitrogens with one attached hydrogen (secondary N) is 1. The van der Waals surface area contributed by atoms with E-state index in [1.807, 2.05) is 19.9 Å². The van der Waals surface area contributed by atoms with Crippen LogP contribution in [0, 0.1) is 13.8 Å². The van der Waals surface area contributed by atoms with Gasteiger partial charge in [-0.3, -0.25) is 4.57 Å². The van der Waals surface area contributed by atoms with Crippen LogP contribution < -0.4 is 11.0 Å². The molecule has 0 saturated carbocycles. The van der Waals surface area contributed by atoms with Gasteiger partial charge in [-0.15, -0.1) is 0 Å². The largest absolute Gasteiger partial charge is 0.347 e. The van der Waals surface area contributed by atoms with Crippen molar-refractivity contribution in [2.45, 2.75) is 59.5 Å². The highest BCUT2D eigenvalue weighted by molar-refractivity contribution is 5.06. The van der Waals surface area contributed by atoms with Gasteiger partial charge in [0.25, 0.3) is 0 Å². The van der Waals surface area contributed by atoms with Gasteiger partial charge in [0.1, 0.15) is 0 Å². The fraction of sp³-hybridized carbons (Fsp3) is 0.714. The lowest BCUT2D eigenvalue weighted by Crippen LogP contribution is -2.29. The zero-order chi connectivity index (χ0) is 13.5. The molecular weight excluding hydrogens is 226 g/mol. The maximum absolute atomic E-state index is 11.7. The standard InChI is InChI=1S/C14H25N3O/c1-5-8-15-11(2)7-6-9-17-13(4)10-12(3)16-14(17)18/h10-11,15H,5-9H2,1-4H3. The van der Waals surface area contributed by atoms with Crippen LogP contribution in [0.1, 0.15) is 44.5 Å². The molecule has 1 unspecified atom stereocenters. The topological polar surface area (TPSA) is 46.9 Å². The second-order valence-corrected chi connectivity index (χ2v) is 4.97. The van der Waals surface area contributed by atoms with Crippen molar-refractivity contribution in [1.82, 2.24) is 14.9 Å². The second kappa shape index (κ2) is 7.31. The minimum absolute atomic E-state index is 0.123. The number of hydrogen-bond donors (Lipinski definition) is 1. The van der Waals surface area contributed by atoms with Crippen molar-refractivity contribution in [3.63, 3.8) is 0 Å². The number of nitrogens with zero attached hydrogens (tertiary/aromatic N) is 2. The number of rotatable bonds is 7. The normalized spacial score (nSPS) is 12.7. The summed E-state index contributed by atoms with van der Waals surface area (Å²) in [4.78, 5) is 15.7. The Morgan fingerprint density at radius 1 is 1.44 bits per heavy atom.